The van der Waals surface area contributed by atoms with Gasteiger partial charge in [-0.2, -0.15) is 0 Å². The molecular weight excluding hydrogens is 402 g/mol. The van der Waals surface area contributed by atoms with Crippen LogP contribution < -0.4 is 0 Å². The van der Waals surface area contributed by atoms with Crippen molar-refractivity contribution in [1.29, 1.82) is 0 Å². The zero-order valence-electron chi connectivity index (χ0n) is 19.8. The summed E-state index contributed by atoms with van der Waals surface area (Å²) in [6.45, 7) is 9.83. The highest BCUT2D eigenvalue weighted by Crippen LogP contribution is 2.35. The molecule has 0 spiro atoms. The summed E-state index contributed by atoms with van der Waals surface area (Å²) in [4.78, 5) is 5.27. The Balaban J connectivity index is 1.55. The molecule has 0 radical (unpaired) electrons. The Morgan fingerprint density at radius 3 is 2.19 bits per heavy atom. The molecule has 2 aromatic carbocycles. The van der Waals surface area contributed by atoms with Gasteiger partial charge in [0.15, 0.2) is 0 Å². The van der Waals surface area contributed by atoms with Gasteiger partial charge in [0.05, 0.1) is 0 Å². The van der Waals surface area contributed by atoms with E-state index in [4.69, 9.17) is 0 Å². The zero-order chi connectivity index (χ0) is 22.5. The molecule has 32 heavy (non-hydrogen) atoms. The van der Waals surface area contributed by atoms with Crippen molar-refractivity contribution in [3.63, 3.8) is 0 Å². The lowest BCUT2D eigenvalue weighted by Gasteiger charge is -2.39. The van der Waals surface area contributed by atoms with Crippen molar-refractivity contribution in [3.05, 3.63) is 70.3 Å². The molecule has 0 bridgehead atoms. The van der Waals surface area contributed by atoms with Crippen molar-refractivity contribution in [2.24, 2.45) is 5.92 Å². The first-order valence-electron chi connectivity index (χ1n) is 12.5. The normalized spacial score (nSPS) is 18.3. The predicted molar refractivity (Wildman–Crippen MR) is 128 cm³/mol. The summed E-state index contributed by atoms with van der Waals surface area (Å²) in [6, 6.07) is 11.1. The van der Waals surface area contributed by atoms with Crippen LogP contribution in [-0.4, -0.2) is 42.5 Å². The first kappa shape index (κ1) is 23.4. The van der Waals surface area contributed by atoms with Crippen LogP contribution in [0.2, 0.25) is 0 Å². The Bertz CT molecular complexity index is 846. The maximum absolute atomic E-state index is 14.2. The van der Waals surface area contributed by atoms with Crippen molar-refractivity contribution >= 4 is 0 Å². The first-order chi connectivity index (χ1) is 15.5. The fourth-order valence-electron chi connectivity index (χ4n) is 5.37. The molecule has 4 rings (SSSR count). The number of likely N-dealkylation sites (tertiary alicyclic amines) is 1. The fourth-order valence-corrected chi connectivity index (χ4v) is 5.37. The Kier molecular flexibility index (Phi) is 7.96. The second-order valence-electron chi connectivity index (χ2n) is 9.92. The number of benzene rings is 2. The smallest absolute Gasteiger partial charge is 0.129 e. The van der Waals surface area contributed by atoms with E-state index in [1.807, 2.05) is 0 Å². The van der Waals surface area contributed by atoms with Gasteiger partial charge in [0.25, 0.3) is 0 Å². The van der Waals surface area contributed by atoms with Crippen molar-refractivity contribution < 1.29 is 8.78 Å². The lowest BCUT2D eigenvalue weighted by molar-refractivity contribution is 0.118. The molecule has 1 saturated carbocycles. The van der Waals surface area contributed by atoms with Gasteiger partial charge in [0.1, 0.15) is 11.6 Å². The Labute approximate surface area is 192 Å². The molecule has 1 heterocycles. The monoisotopic (exact) mass is 440 g/mol. The second kappa shape index (κ2) is 10.9. The van der Waals surface area contributed by atoms with Gasteiger partial charge in [-0.1, -0.05) is 30.7 Å². The Morgan fingerprint density at radius 2 is 1.56 bits per heavy atom. The molecule has 1 aliphatic heterocycles. The van der Waals surface area contributed by atoms with E-state index in [1.54, 1.807) is 0 Å². The van der Waals surface area contributed by atoms with Crippen LogP contribution in [0.1, 0.15) is 66.8 Å². The third kappa shape index (κ3) is 5.96. The van der Waals surface area contributed by atoms with Gasteiger partial charge in [-0.15, -0.1) is 0 Å². The standard InChI is InChI=1S/C28H38F2N2/c1-21-9-6-10-22(2)28(21)27(20-31-16-4-3-5-17-31)32(19-23-14-15-23)18-8-11-24-25(29)12-7-13-26(24)30/h6-7,9-10,12-13,23,27H,3-5,8,11,14-20H2,1-2H3. The molecule has 1 aliphatic carbocycles. The van der Waals surface area contributed by atoms with Crippen LogP contribution in [-0.2, 0) is 6.42 Å². The molecule has 4 heteroatoms. The topological polar surface area (TPSA) is 6.48 Å². The molecule has 2 nitrogen and oxygen atoms in total. The average molecular weight is 441 g/mol. The molecule has 1 unspecified atom stereocenters. The number of halogens is 2. The molecule has 2 fully saturated rings. The number of aryl methyl sites for hydroxylation is 2. The molecule has 174 valence electrons. The van der Waals surface area contributed by atoms with Crippen LogP contribution in [0.15, 0.2) is 36.4 Å². The van der Waals surface area contributed by atoms with E-state index in [0.29, 0.717) is 12.5 Å². The van der Waals surface area contributed by atoms with Gasteiger partial charge in [-0.25, -0.2) is 8.78 Å². The van der Waals surface area contributed by atoms with E-state index in [9.17, 15) is 8.78 Å². The first-order valence-corrected chi connectivity index (χ1v) is 12.5. The third-order valence-corrected chi connectivity index (χ3v) is 7.32. The van der Waals surface area contributed by atoms with Crippen molar-refractivity contribution in [2.45, 2.75) is 64.8 Å². The molecular formula is C28H38F2N2. The minimum absolute atomic E-state index is 0.235. The number of hydrogen-bond acceptors (Lipinski definition) is 2. The summed E-state index contributed by atoms with van der Waals surface area (Å²) < 4.78 is 28.3. The van der Waals surface area contributed by atoms with E-state index in [2.05, 4.69) is 41.8 Å². The summed E-state index contributed by atoms with van der Waals surface area (Å²) in [5, 5.41) is 0. The van der Waals surface area contributed by atoms with E-state index >= 15 is 0 Å². The second-order valence-corrected chi connectivity index (χ2v) is 9.92. The van der Waals surface area contributed by atoms with Crippen LogP contribution in [0.4, 0.5) is 8.78 Å². The van der Waals surface area contributed by atoms with E-state index in [0.717, 1.165) is 32.0 Å². The lowest BCUT2D eigenvalue weighted by Crippen LogP contribution is -2.42. The highest BCUT2D eigenvalue weighted by Gasteiger charge is 2.31. The zero-order valence-corrected chi connectivity index (χ0v) is 19.8. The van der Waals surface area contributed by atoms with Crippen LogP contribution in [0.5, 0.6) is 0 Å². The minimum atomic E-state index is -0.418. The van der Waals surface area contributed by atoms with Crippen molar-refractivity contribution in [3.8, 4) is 0 Å². The van der Waals surface area contributed by atoms with Gasteiger partial charge in [-0.3, -0.25) is 4.90 Å². The maximum Gasteiger partial charge on any atom is 0.129 e. The minimum Gasteiger partial charge on any atom is -0.301 e. The number of hydrogen-bond donors (Lipinski definition) is 0. The highest BCUT2D eigenvalue weighted by molar-refractivity contribution is 5.36. The summed E-state index contributed by atoms with van der Waals surface area (Å²) in [5.74, 6) is -0.0647. The van der Waals surface area contributed by atoms with Gasteiger partial charge < -0.3 is 4.90 Å². The molecule has 2 aliphatic rings. The number of nitrogens with zero attached hydrogens (tertiary/aromatic N) is 2. The van der Waals surface area contributed by atoms with E-state index in [-0.39, 0.29) is 5.56 Å². The largest absolute Gasteiger partial charge is 0.301 e. The average Bonchev–Trinajstić information content (AvgIpc) is 3.59. The van der Waals surface area contributed by atoms with Crippen LogP contribution in [0.25, 0.3) is 0 Å². The summed E-state index contributed by atoms with van der Waals surface area (Å²) in [5.41, 5.74) is 4.40. The molecule has 2 aromatic rings. The SMILES string of the molecule is Cc1cccc(C)c1C(CN1CCCCC1)N(CCCc1c(F)cccc1F)CC1CC1. The maximum atomic E-state index is 14.2. The quantitative estimate of drug-likeness (QED) is 0.419. The molecule has 0 aromatic heterocycles. The lowest BCUT2D eigenvalue weighted by atomic mass is 9.93. The molecule has 1 atom stereocenters. The Hall–Kier alpha value is -1.78. The summed E-state index contributed by atoms with van der Waals surface area (Å²) in [7, 11) is 0. The van der Waals surface area contributed by atoms with E-state index in [1.165, 1.54) is 80.1 Å². The van der Waals surface area contributed by atoms with Gasteiger partial charge in [-0.05, 0) is 107 Å². The van der Waals surface area contributed by atoms with Crippen LogP contribution >= 0.6 is 0 Å². The summed E-state index contributed by atoms with van der Waals surface area (Å²) >= 11 is 0. The number of rotatable bonds is 10. The van der Waals surface area contributed by atoms with Crippen LogP contribution in [0, 0.1) is 31.4 Å². The van der Waals surface area contributed by atoms with E-state index < -0.39 is 11.6 Å². The Morgan fingerprint density at radius 1 is 0.938 bits per heavy atom. The summed E-state index contributed by atoms with van der Waals surface area (Å²) in [6.07, 6.45) is 7.74. The van der Waals surface area contributed by atoms with Gasteiger partial charge >= 0.3 is 0 Å². The third-order valence-electron chi connectivity index (χ3n) is 7.32. The van der Waals surface area contributed by atoms with Gasteiger partial charge in [0.2, 0.25) is 0 Å². The van der Waals surface area contributed by atoms with Crippen molar-refractivity contribution in [2.75, 3.05) is 32.7 Å². The molecule has 0 N–H and O–H groups in total. The van der Waals surface area contributed by atoms with Crippen molar-refractivity contribution in [1.82, 2.24) is 9.80 Å². The van der Waals surface area contributed by atoms with Crippen LogP contribution in [0.3, 0.4) is 0 Å². The predicted octanol–water partition coefficient (Wildman–Crippen LogP) is 6.45. The number of piperidine rings is 1. The molecule has 0 amide bonds. The highest BCUT2D eigenvalue weighted by atomic mass is 19.1. The molecule has 1 saturated heterocycles. The van der Waals surface area contributed by atoms with Gasteiger partial charge in [0, 0.05) is 24.7 Å². The fraction of sp³-hybridized carbons (Fsp3) is 0.571.